The summed E-state index contributed by atoms with van der Waals surface area (Å²) < 4.78 is 0. The number of aromatic amines is 1. The second-order valence-corrected chi connectivity index (χ2v) is 5.63. The van der Waals surface area contributed by atoms with E-state index in [0.29, 0.717) is 0 Å². The van der Waals surface area contributed by atoms with Crippen molar-refractivity contribution < 1.29 is 4.79 Å². The Morgan fingerprint density at radius 2 is 2.32 bits per heavy atom. The van der Waals surface area contributed by atoms with Gasteiger partial charge in [0.25, 0.3) is 5.91 Å². The van der Waals surface area contributed by atoms with Gasteiger partial charge in [-0.1, -0.05) is 26.8 Å². The lowest BCUT2D eigenvalue weighted by molar-refractivity contribution is 0.0926. The van der Waals surface area contributed by atoms with Crippen molar-refractivity contribution in [1.82, 2.24) is 20.5 Å². The van der Waals surface area contributed by atoms with Gasteiger partial charge in [-0.05, 0) is 17.9 Å². The minimum absolute atomic E-state index is 0.0218. The smallest absolute Gasteiger partial charge is 0.291 e. The molecule has 5 nitrogen and oxygen atoms in total. The molecule has 0 radical (unpaired) electrons. The van der Waals surface area contributed by atoms with Gasteiger partial charge in [-0.2, -0.15) is 0 Å². The van der Waals surface area contributed by atoms with E-state index in [1.807, 2.05) is 38.3 Å². The molecule has 2 aromatic heterocycles. The number of nitrogens with zero attached hydrogens (tertiary/aromatic N) is 2. The van der Waals surface area contributed by atoms with Crippen molar-refractivity contribution in [2.75, 3.05) is 0 Å². The molecule has 2 rings (SSSR count). The molecule has 2 N–H and O–H groups in total. The predicted molar refractivity (Wildman–Crippen MR) is 75.3 cm³/mol. The molecule has 0 spiro atoms. The Labute approximate surface area is 116 Å². The van der Waals surface area contributed by atoms with Crippen LogP contribution in [-0.2, 0) is 0 Å². The molecule has 2 aromatic rings. The number of H-pyrrole nitrogens is 1. The minimum atomic E-state index is -0.233. The van der Waals surface area contributed by atoms with Crippen LogP contribution < -0.4 is 5.32 Å². The van der Waals surface area contributed by atoms with Gasteiger partial charge in [-0.3, -0.25) is 9.89 Å². The van der Waals surface area contributed by atoms with Gasteiger partial charge < -0.3 is 5.32 Å². The maximum Gasteiger partial charge on any atom is 0.291 e. The van der Waals surface area contributed by atoms with Gasteiger partial charge in [0.1, 0.15) is 5.82 Å². The van der Waals surface area contributed by atoms with E-state index in [0.717, 1.165) is 17.1 Å². The average Bonchev–Trinajstić information content (AvgIpc) is 3.05. The van der Waals surface area contributed by atoms with Gasteiger partial charge in [0.15, 0.2) is 0 Å². The van der Waals surface area contributed by atoms with Crippen molar-refractivity contribution in [2.45, 2.75) is 39.2 Å². The summed E-state index contributed by atoms with van der Waals surface area (Å²) in [7, 11) is 0. The zero-order chi connectivity index (χ0) is 13.8. The molecule has 102 valence electrons. The summed E-state index contributed by atoms with van der Waals surface area (Å²) >= 11 is 1.64. The molecule has 0 aliphatic carbocycles. The molecule has 1 unspecified atom stereocenters. The summed E-state index contributed by atoms with van der Waals surface area (Å²) in [5.74, 6) is 0.935. The third kappa shape index (κ3) is 3.20. The van der Waals surface area contributed by atoms with Crippen LogP contribution in [0.15, 0.2) is 17.5 Å². The number of hydrogen-bond donors (Lipinski definition) is 2. The van der Waals surface area contributed by atoms with Crippen molar-refractivity contribution in [3.8, 4) is 0 Å². The molecule has 0 fully saturated rings. The van der Waals surface area contributed by atoms with E-state index in [2.05, 4.69) is 20.5 Å². The minimum Gasteiger partial charge on any atom is -0.342 e. The van der Waals surface area contributed by atoms with Crippen molar-refractivity contribution in [1.29, 1.82) is 0 Å². The zero-order valence-electron chi connectivity index (χ0n) is 11.3. The van der Waals surface area contributed by atoms with Crippen LogP contribution in [0.1, 0.15) is 60.5 Å². The number of carbonyl (C=O) groups is 1. The van der Waals surface area contributed by atoms with E-state index in [1.165, 1.54) is 0 Å². The second kappa shape index (κ2) is 5.97. The van der Waals surface area contributed by atoms with Gasteiger partial charge in [0.2, 0.25) is 5.82 Å². The van der Waals surface area contributed by atoms with Crippen LogP contribution in [-0.4, -0.2) is 21.1 Å². The van der Waals surface area contributed by atoms with E-state index >= 15 is 0 Å². The highest BCUT2D eigenvalue weighted by Gasteiger charge is 2.18. The van der Waals surface area contributed by atoms with Crippen LogP contribution in [0.2, 0.25) is 0 Å². The molecule has 0 bridgehead atoms. The molecule has 19 heavy (non-hydrogen) atoms. The molecule has 0 saturated heterocycles. The molecule has 0 aromatic carbocycles. The Kier molecular flexibility index (Phi) is 4.31. The first kappa shape index (κ1) is 13.7. The third-order valence-corrected chi connectivity index (χ3v) is 3.84. The van der Waals surface area contributed by atoms with Crippen molar-refractivity contribution in [2.24, 2.45) is 0 Å². The number of rotatable bonds is 5. The molecular weight excluding hydrogens is 260 g/mol. The maximum absolute atomic E-state index is 12.1. The van der Waals surface area contributed by atoms with Crippen LogP contribution in [0, 0.1) is 0 Å². The normalized spacial score (nSPS) is 12.6. The number of hydrogen-bond acceptors (Lipinski definition) is 4. The zero-order valence-corrected chi connectivity index (χ0v) is 12.1. The van der Waals surface area contributed by atoms with E-state index in [9.17, 15) is 4.79 Å². The average molecular weight is 278 g/mol. The fourth-order valence-electron chi connectivity index (χ4n) is 1.72. The summed E-state index contributed by atoms with van der Waals surface area (Å²) in [6.45, 7) is 6.05. The summed E-state index contributed by atoms with van der Waals surface area (Å²) in [6.07, 6.45) is 0.841. The standard InChI is InChI=1S/C13H18N4OS/c1-4-9(10-6-5-7-19-10)14-13(18)12-15-11(8(2)3)16-17-12/h5-9H,4H2,1-3H3,(H,14,18)(H,15,16,17). The van der Waals surface area contributed by atoms with Gasteiger partial charge in [-0.25, -0.2) is 4.98 Å². The molecular formula is C13H18N4OS. The van der Waals surface area contributed by atoms with Crippen LogP contribution >= 0.6 is 11.3 Å². The highest BCUT2D eigenvalue weighted by Crippen LogP contribution is 2.21. The quantitative estimate of drug-likeness (QED) is 0.883. The number of carbonyl (C=O) groups excluding carboxylic acids is 1. The van der Waals surface area contributed by atoms with Gasteiger partial charge in [0, 0.05) is 10.8 Å². The lowest BCUT2D eigenvalue weighted by atomic mass is 10.2. The Hall–Kier alpha value is -1.69. The van der Waals surface area contributed by atoms with E-state index in [1.54, 1.807) is 11.3 Å². The molecule has 0 aliphatic heterocycles. The van der Waals surface area contributed by atoms with Crippen molar-refractivity contribution in [3.05, 3.63) is 34.0 Å². The van der Waals surface area contributed by atoms with Crippen molar-refractivity contribution in [3.63, 3.8) is 0 Å². The van der Waals surface area contributed by atoms with Gasteiger partial charge in [0.05, 0.1) is 6.04 Å². The number of nitrogens with one attached hydrogen (secondary N) is 2. The van der Waals surface area contributed by atoms with E-state index in [4.69, 9.17) is 0 Å². The fourth-order valence-corrected chi connectivity index (χ4v) is 2.58. The molecule has 6 heteroatoms. The van der Waals surface area contributed by atoms with Crippen LogP contribution in [0.25, 0.3) is 0 Å². The van der Waals surface area contributed by atoms with E-state index < -0.39 is 0 Å². The number of thiophene rings is 1. The lowest BCUT2D eigenvalue weighted by Gasteiger charge is -2.13. The number of aromatic nitrogens is 3. The van der Waals surface area contributed by atoms with Crippen LogP contribution in [0.4, 0.5) is 0 Å². The molecule has 1 amide bonds. The topological polar surface area (TPSA) is 70.7 Å². The lowest BCUT2D eigenvalue weighted by Crippen LogP contribution is -2.28. The van der Waals surface area contributed by atoms with Gasteiger partial charge in [-0.15, -0.1) is 16.4 Å². The predicted octanol–water partition coefficient (Wildman–Crippen LogP) is 2.87. The second-order valence-electron chi connectivity index (χ2n) is 4.65. The summed E-state index contributed by atoms with van der Waals surface area (Å²) in [4.78, 5) is 17.4. The Morgan fingerprint density at radius 1 is 1.53 bits per heavy atom. The fraction of sp³-hybridized carbons (Fsp3) is 0.462. The summed E-state index contributed by atoms with van der Waals surface area (Å²) in [6, 6.07) is 4.03. The highest BCUT2D eigenvalue weighted by atomic mass is 32.1. The summed E-state index contributed by atoms with van der Waals surface area (Å²) in [5.41, 5.74) is 0. The SMILES string of the molecule is CCC(NC(=O)c1n[nH]c(C(C)C)n1)c1cccs1. The highest BCUT2D eigenvalue weighted by molar-refractivity contribution is 7.10. The molecule has 2 heterocycles. The monoisotopic (exact) mass is 278 g/mol. The Balaban J connectivity index is 2.07. The Morgan fingerprint density at radius 3 is 2.84 bits per heavy atom. The van der Waals surface area contributed by atoms with Crippen LogP contribution in [0.5, 0.6) is 0 Å². The first-order chi connectivity index (χ1) is 9.11. The first-order valence-corrected chi connectivity index (χ1v) is 7.26. The van der Waals surface area contributed by atoms with Crippen molar-refractivity contribution >= 4 is 17.2 Å². The molecule has 1 atom stereocenters. The molecule has 0 aliphatic rings. The third-order valence-electron chi connectivity index (χ3n) is 2.85. The van der Waals surface area contributed by atoms with E-state index in [-0.39, 0.29) is 23.7 Å². The summed E-state index contributed by atoms with van der Waals surface area (Å²) in [5, 5.41) is 11.7. The molecule has 0 saturated carbocycles. The number of amides is 1. The van der Waals surface area contributed by atoms with Gasteiger partial charge >= 0.3 is 0 Å². The Bertz CT molecular complexity index is 533. The first-order valence-electron chi connectivity index (χ1n) is 6.38. The maximum atomic E-state index is 12.1. The largest absolute Gasteiger partial charge is 0.342 e. The van der Waals surface area contributed by atoms with Crippen LogP contribution in [0.3, 0.4) is 0 Å².